The average Bonchev–Trinajstić information content (AvgIpc) is 2.43. The Bertz CT molecular complexity index is 560. The summed E-state index contributed by atoms with van der Waals surface area (Å²) in [4.78, 5) is 10.7. The number of nitrogens with zero attached hydrogens (tertiary/aromatic N) is 2. The highest BCUT2D eigenvalue weighted by atomic mass is 19.1. The van der Waals surface area contributed by atoms with Crippen LogP contribution in [0.25, 0.3) is 10.9 Å². The van der Waals surface area contributed by atoms with E-state index in [1.165, 1.54) is 10.7 Å². The molecule has 15 heavy (non-hydrogen) atoms. The summed E-state index contributed by atoms with van der Waals surface area (Å²) in [6.45, 7) is 1.75. The Balaban J connectivity index is 2.89. The van der Waals surface area contributed by atoms with Gasteiger partial charge in [0.2, 0.25) is 0 Å². The van der Waals surface area contributed by atoms with E-state index in [0.29, 0.717) is 11.1 Å². The zero-order valence-corrected chi connectivity index (χ0v) is 8.28. The molecule has 5 heteroatoms. The molecule has 0 spiro atoms. The van der Waals surface area contributed by atoms with E-state index < -0.39 is 11.8 Å². The normalized spacial score (nSPS) is 10.9. The number of hydrogen-bond donors (Lipinski definition) is 1. The highest BCUT2D eigenvalue weighted by Crippen LogP contribution is 2.23. The van der Waals surface area contributed by atoms with E-state index in [1.807, 2.05) is 0 Å². The standard InChI is InChI=1S/C10H9FN2O2/c1-5-6-3-4-7(10(14)15)8(11)9(6)13(2)12-5/h3-4H,1-2H3,(H,14,15). The van der Waals surface area contributed by atoms with Crippen molar-refractivity contribution in [3.63, 3.8) is 0 Å². The highest BCUT2D eigenvalue weighted by Gasteiger charge is 2.17. The number of carbonyl (C=O) groups is 1. The fourth-order valence-corrected chi connectivity index (χ4v) is 1.67. The molecule has 0 bridgehead atoms. The molecule has 78 valence electrons. The smallest absolute Gasteiger partial charge is 0.338 e. The van der Waals surface area contributed by atoms with Gasteiger partial charge in [0.25, 0.3) is 0 Å². The number of fused-ring (bicyclic) bond motifs is 1. The Morgan fingerprint density at radius 2 is 2.20 bits per heavy atom. The van der Waals surface area contributed by atoms with Crippen LogP contribution in [0.4, 0.5) is 4.39 Å². The van der Waals surface area contributed by atoms with Gasteiger partial charge in [0.15, 0.2) is 5.82 Å². The van der Waals surface area contributed by atoms with E-state index >= 15 is 0 Å². The van der Waals surface area contributed by atoms with E-state index in [1.54, 1.807) is 20.0 Å². The zero-order valence-electron chi connectivity index (χ0n) is 8.28. The minimum absolute atomic E-state index is 0.229. The third-order valence-corrected chi connectivity index (χ3v) is 2.36. The van der Waals surface area contributed by atoms with Crippen molar-refractivity contribution in [3.05, 3.63) is 29.2 Å². The number of rotatable bonds is 1. The molecular weight excluding hydrogens is 199 g/mol. The molecule has 0 aliphatic rings. The molecule has 0 amide bonds. The van der Waals surface area contributed by atoms with E-state index in [4.69, 9.17) is 5.11 Å². The van der Waals surface area contributed by atoms with Crippen LogP contribution < -0.4 is 0 Å². The summed E-state index contributed by atoms with van der Waals surface area (Å²) < 4.78 is 15.1. The van der Waals surface area contributed by atoms with Crippen LogP contribution in [-0.2, 0) is 7.05 Å². The monoisotopic (exact) mass is 208 g/mol. The Kier molecular flexibility index (Phi) is 1.96. The van der Waals surface area contributed by atoms with Crippen LogP contribution in [0.2, 0.25) is 0 Å². The molecule has 1 N–H and O–H groups in total. The minimum Gasteiger partial charge on any atom is -0.478 e. The van der Waals surface area contributed by atoms with Gasteiger partial charge in [0, 0.05) is 12.4 Å². The van der Waals surface area contributed by atoms with Crippen molar-refractivity contribution in [2.75, 3.05) is 0 Å². The molecule has 1 aromatic carbocycles. The number of aromatic carboxylic acids is 1. The van der Waals surface area contributed by atoms with Crippen LogP contribution in [0.3, 0.4) is 0 Å². The van der Waals surface area contributed by atoms with Crippen LogP contribution in [0.1, 0.15) is 16.1 Å². The van der Waals surface area contributed by atoms with Gasteiger partial charge in [-0.3, -0.25) is 4.68 Å². The van der Waals surface area contributed by atoms with E-state index in [0.717, 1.165) is 0 Å². The first-order valence-electron chi connectivity index (χ1n) is 4.37. The SMILES string of the molecule is Cc1nn(C)c2c(F)c(C(=O)O)ccc12. The topological polar surface area (TPSA) is 55.1 Å². The average molecular weight is 208 g/mol. The van der Waals surface area contributed by atoms with Crippen LogP contribution in [0.5, 0.6) is 0 Å². The number of aromatic nitrogens is 2. The van der Waals surface area contributed by atoms with Crippen LogP contribution in [-0.4, -0.2) is 20.9 Å². The molecular formula is C10H9FN2O2. The maximum absolute atomic E-state index is 13.8. The molecule has 0 unspecified atom stereocenters. The Labute approximate surface area is 84.9 Å². The summed E-state index contributed by atoms with van der Waals surface area (Å²) >= 11 is 0. The van der Waals surface area contributed by atoms with Gasteiger partial charge >= 0.3 is 5.97 Å². The van der Waals surface area contributed by atoms with Gasteiger partial charge in [-0.1, -0.05) is 0 Å². The van der Waals surface area contributed by atoms with Crippen molar-refractivity contribution in [1.29, 1.82) is 0 Å². The third kappa shape index (κ3) is 1.27. The summed E-state index contributed by atoms with van der Waals surface area (Å²) in [7, 11) is 1.59. The first-order chi connectivity index (χ1) is 7.02. The molecule has 0 saturated heterocycles. The zero-order chi connectivity index (χ0) is 11.2. The number of carboxylic acid groups (broad SMARTS) is 1. The van der Waals surface area contributed by atoms with Gasteiger partial charge in [0.05, 0.1) is 11.3 Å². The van der Waals surface area contributed by atoms with Crippen molar-refractivity contribution in [3.8, 4) is 0 Å². The predicted molar refractivity (Wildman–Crippen MR) is 52.4 cm³/mol. The van der Waals surface area contributed by atoms with Gasteiger partial charge in [-0.15, -0.1) is 0 Å². The predicted octanol–water partition coefficient (Wildman–Crippen LogP) is 1.72. The highest BCUT2D eigenvalue weighted by molar-refractivity contribution is 5.94. The molecule has 0 saturated carbocycles. The second-order valence-corrected chi connectivity index (χ2v) is 3.34. The molecule has 1 aromatic heterocycles. The van der Waals surface area contributed by atoms with Crippen molar-refractivity contribution in [2.24, 2.45) is 7.05 Å². The lowest BCUT2D eigenvalue weighted by atomic mass is 10.1. The Hall–Kier alpha value is -1.91. The fraction of sp³-hybridized carbons (Fsp3) is 0.200. The molecule has 2 aromatic rings. The molecule has 0 radical (unpaired) electrons. The number of benzene rings is 1. The molecule has 0 atom stereocenters. The summed E-state index contributed by atoms with van der Waals surface area (Å²) in [5.41, 5.74) is 0.584. The molecule has 0 aliphatic heterocycles. The third-order valence-electron chi connectivity index (χ3n) is 2.36. The summed E-state index contributed by atoms with van der Waals surface area (Å²) in [5.74, 6) is -2.00. The van der Waals surface area contributed by atoms with Crippen LogP contribution in [0.15, 0.2) is 12.1 Å². The molecule has 1 heterocycles. The van der Waals surface area contributed by atoms with Crippen molar-refractivity contribution in [1.82, 2.24) is 9.78 Å². The van der Waals surface area contributed by atoms with Gasteiger partial charge in [-0.2, -0.15) is 5.10 Å². The van der Waals surface area contributed by atoms with Crippen LogP contribution >= 0.6 is 0 Å². The lowest BCUT2D eigenvalue weighted by Gasteiger charge is -2.00. The van der Waals surface area contributed by atoms with Crippen molar-refractivity contribution >= 4 is 16.9 Å². The maximum atomic E-state index is 13.8. The fourth-order valence-electron chi connectivity index (χ4n) is 1.67. The van der Waals surface area contributed by atoms with Gasteiger partial charge in [0.1, 0.15) is 5.52 Å². The number of aryl methyl sites for hydroxylation is 2. The Morgan fingerprint density at radius 1 is 1.53 bits per heavy atom. The lowest BCUT2D eigenvalue weighted by molar-refractivity contribution is 0.0692. The first-order valence-corrected chi connectivity index (χ1v) is 4.37. The minimum atomic E-state index is -1.27. The second kappa shape index (κ2) is 3.05. The second-order valence-electron chi connectivity index (χ2n) is 3.34. The molecule has 4 nitrogen and oxygen atoms in total. The number of carboxylic acids is 1. The number of hydrogen-bond acceptors (Lipinski definition) is 2. The van der Waals surface area contributed by atoms with Crippen molar-refractivity contribution in [2.45, 2.75) is 6.92 Å². The maximum Gasteiger partial charge on any atom is 0.338 e. The lowest BCUT2D eigenvalue weighted by Crippen LogP contribution is -2.02. The van der Waals surface area contributed by atoms with Gasteiger partial charge < -0.3 is 5.11 Å². The quantitative estimate of drug-likeness (QED) is 0.776. The summed E-state index contributed by atoms with van der Waals surface area (Å²) in [5, 5.41) is 13.4. The molecule has 0 fully saturated rings. The summed E-state index contributed by atoms with van der Waals surface area (Å²) in [6, 6.07) is 2.83. The summed E-state index contributed by atoms with van der Waals surface area (Å²) in [6.07, 6.45) is 0. The van der Waals surface area contributed by atoms with E-state index in [2.05, 4.69) is 5.10 Å². The van der Waals surface area contributed by atoms with Crippen molar-refractivity contribution < 1.29 is 14.3 Å². The van der Waals surface area contributed by atoms with E-state index in [9.17, 15) is 9.18 Å². The number of halogens is 1. The Morgan fingerprint density at radius 3 is 2.80 bits per heavy atom. The van der Waals surface area contributed by atoms with Crippen LogP contribution in [0, 0.1) is 12.7 Å². The van der Waals surface area contributed by atoms with Gasteiger partial charge in [-0.25, -0.2) is 9.18 Å². The van der Waals surface area contributed by atoms with Gasteiger partial charge in [-0.05, 0) is 19.1 Å². The molecule has 0 aliphatic carbocycles. The molecule has 2 rings (SSSR count). The first kappa shape index (κ1) is 9.64. The van der Waals surface area contributed by atoms with E-state index in [-0.39, 0.29) is 11.1 Å². The largest absolute Gasteiger partial charge is 0.478 e.